The number of hydrogen-bond donors (Lipinski definition) is 2. The first-order valence-corrected chi connectivity index (χ1v) is 8.64. The van der Waals surface area contributed by atoms with Crippen molar-refractivity contribution in [2.45, 2.75) is 19.9 Å². The van der Waals surface area contributed by atoms with Gasteiger partial charge >= 0.3 is 0 Å². The first kappa shape index (κ1) is 17.9. The molecule has 0 fully saturated rings. The van der Waals surface area contributed by atoms with Crippen LogP contribution >= 0.6 is 0 Å². The van der Waals surface area contributed by atoms with Gasteiger partial charge in [-0.25, -0.2) is 0 Å². The molecule has 2 N–H and O–H groups in total. The molecular weight excluding hydrogens is 332 g/mol. The Morgan fingerprint density at radius 1 is 1.27 bits per heavy atom. The van der Waals surface area contributed by atoms with Gasteiger partial charge in [-0.15, -0.1) is 0 Å². The van der Waals surface area contributed by atoms with E-state index in [9.17, 15) is 14.9 Å². The second-order valence-electron chi connectivity index (χ2n) is 6.26. The Bertz CT molecular complexity index is 851. The SMILES string of the molecule is CCN1CCc2c(cccc2Nc2ccc(C(=O)NC)cc2[N+](=O)[O-])C1. The average Bonchev–Trinajstić information content (AvgIpc) is 2.67. The number of carbonyl (C=O) groups is 1. The molecule has 0 radical (unpaired) electrons. The highest BCUT2D eigenvalue weighted by Crippen LogP contribution is 2.33. The molecule has 0 aromatic heterocycles. The van der Waals surface area contributed by atoms with E-state index in [1.165, 1.54) is 24.2 Å². The molecule has 1 heterocycles. The molecule has 2 aromatic carbocycles. The number of fused-ring (bicyclic) bond motifs is 1. The normalized spacial score (nSPS) is 13.8. The van der Waals surface area contributed by atoms with Gasteiger partial charge in [0.1, 0.15) is 5.69 Å². The van der Waals surface area contributed by atoms with E-state index in [4.69, 9.17) is 0 Å². The van der Waals surface area contributed by atoms with Gasteiger partial charge in [-0.2, -0.15) is 0 Å². The lowest BCUT2D eigenvalue weighted by molar-refractivity contribution is -0.383. The van der Waals surface area contributed by atoms with Crippen LogP contribution in [0, 0.1) is 10.1 Å². The summed E-state index contributed by atoms with van der Waals surface area (Å²) in [6.45, 7) is 5.01. The van der Waals surface area contributed by atoms with Gasteiger partial charge in [-0.3, -0.25) is 19.8 Å². The number of nitro groups is 1. The van der Waals surface area contributed by atoms with Gasteiger partial charge in [0.25, 0.3) is 11.6 Å². The topological polar surface area (TPSA) is 87.5 Å². The highest BCUT2D eigenvalue weighted by Gasteiger charge is 2.21. The van der Waals surface area contributed by atoms with Crippen LogP contribution in [0.15, 0.2) is 36.4 Å². The summed E-state index contributed by atoms with van der Waals surface area (Å²) in [5.74, 6) is -0.351. The molecule has 26 heavy (non-hydrogen) atoms. The Morgan fingerprint density at radius 2 is 2.08 bits per heavy atom. The van der Waals surface area contributed by atoms with Gasteiger partial charge in [0.15, 0.2) is 0 Å². The van der Waals surface area contributed by atoms with Crippen molar-refractivity contribution < 1.29 is 9.72 Å². The van der Waals surface area contributed by atoms with Gasteiger partial charge in [-0.05, 0) is 42.3 Å². The van der Waals surface area contributed by atoms with Crippen LogP contribution in [-0.4, -0.2) is 35.9 Å². The van der Waals surface area contributed by atoms with E-state index in [1.807, 2.05) is 12.1 Å². The zero-order valence-corrected chi connectivity index (χ0v) is 14.9. The van der Waals surface area contributed by atoms with Crippen molar-refractivity contribution in [3.8, 4) is 0 Å². The molecule has 0 unspecified atom stereocenters. The third kappa shape index (κ3) is 3.52. The smallest absolute Gasteiger partial charge is 0.293 e. The molecule has 0 bridgehead atoms. The Balaban J connectivity index is 1.95. The maximum absolute atomic E-state index is 11.7. The minimum Gasteiger partial charge on any atom is -0.355 e. The van der Waals surface area contributed by atoms with Crippen molar-refractivity contribution in [3.63, 3.8) is 0 Å². The van der Waals surface area contributed by atoms with E-state index in [1.54, 1.807) is 12.1 Å². The van der Waals surface area contributed by atoms with Gasteiger partial charge < -0.3 is 10.6 Å². The summed E-state index contributed by atoms with van der Waals surface area (Å²) in [6, 6.07) is 10.5. The van der Waals surface area contributed by atoms with Crippen LogP contribution in [0.5, 0.6) is 0 Å². The number of nitrogens with zero attached hydrogens (tertiary/aromatic N) is 2. The highest BCUT2D eigenvalue weighted by atomic mass is 16.6. The van der Waals surface area contributed by atoms with Crippen molar-refractivity contribution in [3.05, 3.63) is 63.2 Å². The lowest BCUT2D eigenvalue weighted by atomic mass is 9.97. The largest absolute Gasteiger partial charge is 0.355 e. The molecular formula is C19H22N4O3. The number of nitro benzene ring substituents is 1. The molecule has 0 spiro atoms. The lowest BCUT2D eigenvalue weighted by Crippen LogP contribution is -2.30. The minimum atomic E-state index is -0.469. The van der Waals surface area contributed by atoms with Crippen LogP contribution in [0.25, 0.3) is 0 Å². The lowest BCUT2D eigenvalue weighted by Gasteiger charge is -2.29. The monoisotopic (exact) mass is 354 g/mol. The Morgan fingerprint density at radius 3 is 2.77 bits per heavy atom. The van der Waals surface area contributed by atoms with E-state index in [0.717, 1.165) is 31.7 Å². The van der Waals surface area contributed by atoms with E-state index < -0.39 is 4.92 Å². The average molecular weight is 354 g/mol. The van der Waals surface area contributed by atoms with E-state index in [-0.39, 0.29) is 17.2 Å². The molecule has 3 rings (SSSR count). The third-order valence-electron chi connectivity index (χ3n) is 4.75. The predicted molar refractivity (Wildman–Crippen MR) is 101 cm³/mol. The Hall–Kier alpha value is -2.93. The summed E-state index contributed by atoms with van der Waals surface area (Å²) >= 11 is 0. The summed E-state index contributed by atoms with van der Waals surface area (Å²) in [4.78, 5) is 25.1. The second-order valence-corrected chi connectivity index (χ2v) is 6.26. The van der Waals surface area contributed by atoms with Gasteiger partial charge in [0.05, 0.1) is 4.92 Å². The van der Waals surface area contributed by atoms with Crippen LogP contribution in [0.3, 0.4) is 0 Å². The Labute approximate surface area is 152 Å². The maximum Gasteiger partial charge on any atom is 0.293 e. The van der Waals surface area contributed by atoms with Crippen LogP contribution < -0.4 is 10.6 Å². The van der Waals surface area contributed by atoms with E-state index in [2.05, 4.69) is 28.5 Å². The van der Waals surface area contributed by atoms with Gasteiger partial charge in [0.2, 0.25) is 0 Å². The first-order chi connectivity index (χ1) is 12.5. The standard InChI is InChI=1S/C19H22N4O3/c1-3-22-10-9-15-14(12-22)5-4-6-16(15)21-17-8-7-13(19(24)20-2)11-18(17)23(25)26/h4-8,11,21H,3,9-10,12H2,1-2H3,(H,20,24). The zero-order chi connectivity index (χ0) is 18.7. The summed E-state index contributed by atoms with van der Waals surface area (Å²) in [5, 5.41) is 17.2. The molecule has 1 amide bonds. The molecule has 2 aromatic rings. The summed E-state index contributed by atoms with van der Waals surface area (Å²) in [7, 11) is 1.50. The number of benzene rings is 2. The van der Waals surface area contributed by atoms with Crippen LogP contribution in [-0.2, 0) is 13.0 Å². The fourth-order valence-electron chi connectivity index (χ4n) is 3.27. The van der Waals surface area contributed by atoms with Gasteiger partial charge in [-0.1, -0.05) is 19.1 Å². The van der Waals surface area contributed by atoms with E-state index in [0.29, 0.717) is 5.69 Å². The fourth-order valence-corrected chi connectivity index (χ4v) is 3.27. The Kier molecular flexibility index (Phi) is 5.18. The summed E-state index contributed by atoms with van der Waals surface area (Å²) in [6.07, 6.45) is 0.899. The molecule has 136 valence electrons. The van der Waals surface area contributed by atoms with E-state index >= 15 is 0 Å². The number of amides is 1. The number of nitrogens with one attached hydrogen (secondary N) is 2. The highest BCUT2D eigenvalue weighted by molar-refractivity contribution is 5.95. The number of carbonyl (C=O) groups excluding carboxylic acids is 1. The fraction of sp³-hybridized carbons (Fsp3) is 0.316. The minimum absolute atomic E-state index is 0.116. The first-order valence-electron chi connectivity index (χ1n) is 8.64. The maximum atomic E-state index is 11.7. The summed E-state index contributed by atoms with van der Waals surface area (Å²) < 4.78 is 0. The van der Waals surface area contributed by atoms with Crippen molar-refractivity contribution in [2.24, 2.45) is 0 Å². The molecule has 0 aliphatic carbocycles. The third-order valence-corrected chi connectivity index (χ3v) is 4.75. The number of anilines is 2. The number of hydrogen-bond acceptors (Lipinski definition) is 5. The molecule has 1 aliphatic rings. The van der Waals surface area contributed by atoms with Crippen LogP contribution in [0.2, 0.25) is 0 Å². The molecule has 7 heteroatoms. The second kappa shape index (κ2) is 7.53. The number of rotatable bonds is 5. The molecule has 7 nitrogen and oxygen atoms in total. The van der Waals surface area contributed by atoms with Gasteiger partial charge in [0, 0.05) is 37.5 Å². The number of likely N-dealkylation sites (N-methyl/N-ethyl adjacent to an activating group) is 1. The molecule has 0 saturated carbocycles. The quantitative estimate of drug-likeness (QED) is 0.636. The molecule has 1 aliphatic heterocycles. The zero-order valence-electron chi connectivity index (χ0n) is 14.9. The van der Waals surface area contributed by atoms with Crippen molar-refractivity contribution in [1.82, 2.24) is 10.2 Å². The molecule has 0 saturated heterocycles. The molecule has 0 atom stereocenters. The van der Waals surface area contributed by atoms with Crippen molar-refractivity contribution >= 4 is 23.0 Å². The van der Waals surface area contributed by atoms with Crippen LogP contribution in [0.4, 0.5) is 17.1 Å². The summed E-state index contributed by atoms with van der Waals surface area (Å²) in [5.41, 5.74) is 3.85. The van der Waals surface area contributed by atoms with Crippen molar-refractivity contribution in [2.75, 3.05) is 25.5 Å². The van der Waals surface area contributed by atoms with Crippen LogP contribution in [0.1, 0.15) is 28.4 Å². The van der Waals surface area contributed by atoms with Crippen molar-refractivity contribution in [1.29, 1.82) is 0 Å². The predicted octanol–water partition coefficient (Wildman–Crippen LogP) is 3.08.